The van der Waals surface area contributed by atoms with Crippen LogP contribution in [-0.2, 0) is 21.5 Å². The smallest absolute Gasteiger partial charge is 0.319 e. The summed E-state index contributed by atoms with van der Waals surface area (Å²) in [5.41, 5.74) is 2.01. The van der Waals surface area contributed by atoms with E-state index in [0.29, 0.717) is 39.3 Å². The van der Waals surface area contributed by atoms with Crippen LogP contribution in [0.25, 0.3) is 11.3 Å². The number of rotatable bonds is 4. The quantitative estimate of drug-likeness (QED) is 0.532. The molecule has 1 aromatic heterocycles. The molecule has 0 radical (unpaired) electrons. The van der Waals surface area contributed by atoms with Crippen molar-refractivity contribution in [2.75, 3.05) is 11.9 Å². The summed E-state index contributed by atoms with van der Waals surface area (Å²) >= 11 is 13.4. The number of nitrogens with one attached hydrogen (secondary N) is 2. The molecule has 2 N–H and O–H groups in total. The number of carbonyl (C=O) groups is 3. The van der Waals surface area contributed by atoms with Crippen LogP contribution in [0.3, 0.4) is 0 Å². The van der Waals surface area contributed by atoms with Gasteiger partial charge in [-0.1, -0.05) is 47.5 Å². The van der Waals surface area contributed by atoms with E-state index in [-0.39, 0.29) is 0 Å². The summed E-state index contributed by atoms with van der Waals surface area (Å²) in [4.78, 5) is 43.7. The van der Waals surface area contributed by atoms with E-state index < -0.39 is 29.9 Å². The normalized spacial score (nSPS) is 19.4. The third-order valence-electron chi connectivity index (χ3n) is 5.68. The molecule has 1 aliphatic heterocycles. The van der Waals surface area contributed by atoms with Crippen molar-refractivity contribution in [3.63, 3.8) is 0 Å². The molecule has 7 nitrogen and oxygen atoms in total. The number of amides is 4. The van der Waals surface area contributed by atoms with Crippen molar-refractivity contribution in [1.29, 1.82) is 0 Å². The molecule has 5 rings (SSSR count). The number of nitrogens with zero attached hydrogens (tertiary/aromatic N) is 2. The van der Waals surface area contributed by atoms with E-state index in [2.05, 4.69) is 15.6 Å². The number of urea groups is 1. The fourth-order valence-electron chi connectivity index (χ4n) is 4.19. The van der Waals surface area contributed by atoms with Crippen molar-refractivity contribution in [3.05, 3.63) is 69.0 Å². The second-order valence-corrected chi connectivity index (χ2v) is 9.30. The number of carbonyl (C=O) groups excluding carboxylic acids is 3. The Kier molecular flexibility index (Phi) is 5.16. The number of hydrogen-bond acceptors (Lipinski definition) is 5. The number of anilines is 1. The molecule has 162 valence electrons. The van der Waals surface area contributed by atoms with E-state index in [0.717, 1.165) is 16.0 Å². The number of hydrogen-bond donors (Lipinski definition) is 2. The van der Waals surface area contributed by atoms with Crippen LogP contribution in [0.4, 0.5) is 9.93 Å². The molecule has 1 atom stereocenters. The number of aromatic nitrogens is 1. The van der Waals surface area contributed by atoms with Gasteiger partial charge >= 0.3 is 6.03 Å². The molecular weight excluding hydrogens is 471 g/mol. The Hall–Kier alpha value is -2.94. The zero-order valence-corrected chi connectivity index (χ0v) is 18.9. The number of halogens is 2. The molecule has 2 aliphatic rings. The van der Waals surface area contributed by atoms with Crippen molar-refractivity contribution in [1.82, 2.24) is 15.2 Å². The number of thiazole rings is 1. The molecule has 3 aromatic rings. The Morgan fingerprint density at radius 1 is 1.22 bits per heavy atom. The van der Waals surface area contributed by atoms with E-state index >= 15 is 0 Å². The largest absolute Gasteiger partial charge is 0.325 e. The molecule has 32 heavy (non-hydrogen) atoms. The molecule has 1 saturated heterocycles. The van der Waals surface area contributed by atoms with Gasteiger partial charge in [-0.2, -0.15) is 0 Å². The van der Waals surface area contributed by atoms with Crippen molar-refractivity contribution in [2.45, 2.75) is 18.4 Å². The summed E-state index contributed by atoms with van der Waals surface area (Å²) < 4.78 is 0. The van der Waals surface area contributed by atoms with Gasteiger partial charge in [0.1, 0.15) is 12.1 Å². The van der Waals surface area contributed by atoms with E-state index in [1.54, 1.807) is 23.6 Å². The summed E-state index contributed by atoms with van der Waals surface area (Å²) in [7, 11) is 0. The topological polar surface area (TPSA) is 91.4 Å². The predicted octanol–water partition coefficient (Wildman–Crippen LogP) is 4.45. The standard InChI is InChI=1S/C22H16Cl2N4O3S/c23-13-5-6-14(16(24)9-13)17-11-32-20(25-17)26-18(29)10-28-19(30)22(27-21(28)31)8-7-12-3-1-2-4-15(12)22/h1-6,9,11H,7-8,10H2,(H,27,31)(H,25,26,29). The molecule has 0 bridgehead atoms. The first-order valence-electron chi connectivity index (χ1n) is 9.81. The molecule has 1 spiro atoms. The number of benzene rings is 2. The van der Waals surface area contributed by atoms with Crippen LogP contribution in [0.1, 0.15) is 17.5 Å². The highest BCUT2D eigenvalue weighted by Crippen LogP contribution is 2.41. The Balaban J connectivity index is 1.30. The Labute approximate surface area is 197 Å². The van der Waals surface area contributed by atoms with Crippen LogP contribution in [-0.4, -0.2) is 34.3 Å². The summed E-state index contributed by atoms with van der Waals surface area (Å²) in [5.74, 6) is -0.921. The fraction of sp³-hybridized carbons (Fsp3) is 0.182. The minimum Gasteiger partial charge on any atom is -0.319 e. The summed E-state index contributed by atoms with van der Waals surface area (Å²) in [6, 6.07) is 12.0. The first kappa shape index (κ1) is 20.9. The van der Waals surface area contributed by atoms with Gasteiger partial charge in [0.2, 0.25) is 5.91 Å². The summed E-state index contributed by atoms with van der Waals surface area (Å²) in [6.07, 6.45) is 1.17. The lowest BCUT2D eigenvalue weighted by molar-refractivity contribution is -0.134. The third-order valence-corrected chi connectivity index (χ3v) is 6.99. The first-order valence-corrected chi connectivity index (χ1v) is 11.4. The highest BCUT2D eigenvalue weighted by atomic mass is 35.5. The van der Waals surface area contributed by atoms with E-state index in [1.807, 2.05) is 24.3 Å². The van der Waals surface area contributed by atoms with E-state index in [9.17, 15) is 14.4 Å². The molecule has 10 heteroatoms. The van der Waals surface area contributed by atoms with E-state index in [4.69, 9.17) is 23.2 Å². The van der Waals surface area contributed by atoms with Gasteiger partial charge in [-0.05, 0) is 42.2 Å². The molecule has 2 aromatic carbocycles. The number of aryl methyl sites for hydroxylation is 1. The van der Waals surface area contributed by atoms with Crippen LogP contribution in [0.15, 0.2) is 47.8 Å². The van der Waals surface area contributed by atoms with Gasteiger partial charge < -0.3 is 10.6 Å². The third kappa shape index (κ3) is 3.44. The zero-order chi connectivity index (χ0) is 22.5. The predicted molar refractivity (Wildman–Crippen MR) is 123 cm³/mol. The van der Waals surface area contributed by atoms with Gasteiger partial charge in [-0.3, -0.25) is 14.5 Å². The van der Waals surface area contributed by atoms with Crippen LogP contribution in [0, 0.1) is 0 Å². The lowest BCUT2D eigenvalue weighted by atomic mass is 9.92. The monoisotopic (exact) mass is 486 g/mol. The highest BCUT2D eigenvalue weighted by Gasteiger charge is 2.55. The van der Waals surface area contributed by atoms with Crippen LogP contribution >= 0.6 is 34.5 Å². The molecule has 0 saturated carbocycles. The number of imide groups is 1. The maximum Gasteiger partial charge on any atom is 0.325 e. The molecule has 4 amide bonds. The van der Waals surface area contributed by atoms with Crippen LogP contribution in [0.2, 0.25) is 10.0 Å². The molecule has 1 fully saturated rings. The van der Waals surface area contributed by atoms with Crippen molar-refractivity contribution in [3.8, 4) is 11.3 Å². The van der Waals surface area contributed by atoms with Gasteiger partial charge in [0.25, 0.3) is 5.91 Å². The fourth-order valence-corrected chi connectivity index (χ4v) is 5.42. The molecule has 1 aliphatic carbocycles. The minimum absolute atomic E-state index is 0.337. The van der Waals surface area contributed by atoms with Crippen molar-refractivity contribution < 1.29 is 14.4 Å². The lowest BCUT2D eigenvalue weighted by Crippen LogP contribution is -2.42. The highest BCUT2D eigenvalue weighted by molar-refractivity contribution is 7.14. The van der Waals surface area contributed by atoms with Crippen molar-refractivity contribution in [2.24, 2.45) is 0 Å². The lowest BCUT2D eigenvalue weighted by Gasteiger charge is -2.22. The van der Waals surface area contributed by atoms with Crippen LogP contribution in [0.5, 0.6) is 0 Å². The van der Waals surface area contributed by atoms with Gasteiger partial charge in [0.05, 0.1) is 10.7 Å². The van der Waals surface area contributed by atoms with Gasteiger partial charge in [-0.25, -0.2) is 9.78 Å². The number of fused-ring (bicyclic) bond motifs is 2. The average Bonchev–Trinajstić information content (AvgIpc) is 3.43. The van der Waals surface area contributed by atoms with E-state index in [1.165, 1.54) is 11.3 Å². The van der Waals surface area contributed by atoms with Crippen molar-refractivity contribution >= 4 is 57.5 Å². The molecular formula is C22H16Cl2N4O3S. The molecule has 1 unspecified atom stereocenters. The van der Waals surface area contributed by atoms with Gasteiger partial charge in [-0.15, -0.1) is 11.3 Å². The molecule has 2 heterocycles. The second-order valence-electron chi connectivity index (χ2n) is 7.59. The maximum atomic E-state index is 13.2. The Bertz CT molecular complexity index is 1280. The second kappa shape index (κ2) is 7.88. The minimum atomic E-state index is -1.09. The Morgan fingerprint density at radius 3 is 2.84 bits per heavy atom. The maximum absolute atomic E-state index is 13.2. The Morgan fingerprint density at radius 2 is 2.03 bits per heavy atom. The van der Waals surface area contributed by atoms with Gasteiger partial charge in [0.15, 0.2) is 5.13 Å². The van der Waals surface area contributed by atoms with Crippen LogP contribution < -0.4 is 10.6 Å². The van der Waals surface area contributed by atoms with Gasteiger partial charge in [0, 0.05) is 16.0 Å². The summed E-state index contributed by atoms with van der Waals surface area (Å²) in [6.45, 7) is -0.398. The zero-order valence-electron chi connectivity index (χ0n) is 16.5. The first-order chi connectivity index (χ1) is 15.4. The average molecular weight is 487 g/mol. The SMILES string of the molecule is O=C(CN1C(=O)NC2(CCc3ccccc32)C1=O)Nc1nc(-c2ccc(Cl)cc2Cl)cs1. The summed E-state index contributed by atoms with van der Waals surface area (Å²) in [5, 5.41) is 8.51.